The second kappa shape index (κ2) is 4.41. The van der Waals surface area contributed by atoms with Gasteiger partial charge in [0.1, 0.15) is 11.6 Å². The first kappa shape index (κ1) is 11.4. The van der Waals surface area contributed by atoms with E-state index in [4.69, 9.17) is 0 Å². The smallest absolute Gasteiger partial charge is 0.159 e. The Bertz CT molecular complexity index is 564. The van der Waals surface area contributed by atoms with Gasteiger partial charge in [0.15, 0.2) is 5.78 Å². The van der Waals surface area contributed by atoms with Gasteiger partial charge in [-0.3, -0.25) is 9.78 Å². The number of rotatable bonds is 2. The first-order valence-corrected chi connectivity index (χ1v) is 5.00. The minimum atomic E-state index is -0.545. The molecule has 1 aromatic carbocycles. The molecule has 0 spiro atoms. The molecule has 1 aromatic heterocycles. The van der Waals surface area contributed by atoms with E-state index in [1.54, 1.807) is 0 Å². The number of benzene rings is 1. The Labute approximate surface area is 96.9 Å². The zero-order valence-corrected chi connectivity index (χ0v) is 9.08. The van der Waals surface area contributed by atoms with Crippen molar-refractivity contribution in [3.05, 3.63) is 53.7 Å². The van der Waals surface area contributed by atoms with E-state index in [9.17, 15) is 13.6 Å². The second-order valence-electron chi connectivity index (χ2n) is 3.61. The predicted octanol–water partition coefficient (Wildman–Crippen LogP) is 3.23. The lowest BCUT2D eigenvalue weighted by atomic mass is 10.1. The summed E-state index contributed by atoms with van der Waals surface area (Å²) in [6.45, 7) is 1.37. The van der Waals surface area contributed by atoms with Crippen LogP contribution in [-0.2, 0) is 0 Å². The van der Waals surface area contributed by atoms with Gasteiger partial charge in [-0.05, 0) is 31.2 Å². The molecule has 0 aliphatic heterocycles. The van der Waals surface area contributed by atoms with Crippen LogP contribution in [0.5, 0.6) is 0 Å². The molecule has 0 aliphatic carbocycles. The molecule has 2 aromatic rings. The number of aromatic nitrogens is 1. The van der Waals surface area contributed by atoms with Crippen molar-refractivity contribution in [1.29, 1.82) is 0 Å². The first-order chi connectivity index (χ1) is 8.08. The van der Waals surface area contributed by atoms with E-state index in [-0.39, 0.29) is 11.3 Å². The molecule has 17 heavy (non-hydrogen) atoms. The van der Waals surface area contributed by atoms with E-state index >= 15 is 0 Å². The zero-order valence-electron chi connectivity index (χ0n) is 9.08. The molecular formula is C13H9F2NO. The highest BCUT2D eigenvalue weighted by Gasteiger charge is 2.09. The summed E-state index contributed by atoms with van der Waals surface area (Å²) in [5, 5.41) is 0. The van der Waals surface area contributed by atoms with Crippen molar-refractivity contribution in [3.63, 3.8) is 0 Å². The molecular weight excluding hydrogens is 224 g/mol. The Morgan fingerprint density at radius 2 is 1.94 bits per heavy atom. The largest absolute Gasteiger partial charge is 0.295 e. The van der Waals surface area contributed by atoms with Crippen LogP contribution in [0.2, 0.25) is 0 Å². The standard InChI is InChI=1S/C13H9F2NO/c1-8(17)9-2-4-11(12(15)6-9)13-5-3-10(14)7-16-13/h2-7H,1H3. The molecule has 0 saturated carbocycles. The molecule has 0 amide bonds. The molecule has 4 heteroatoms. The quantitative estimate of drug-likeness (QED) is 0.745. The molecule has 86 valence electrons. The topological polar surface area (TPSA) is 30.0 Å². The minimum Gasteiger partial charge on any atom is -0.295 e. The summed E-state index contributed by atoms with van der Waals surface area (Å²) in [6.07, 6.45) is 1.02. The highest BCUT2D eigenvalue weighted by atomic mass is 19.1. The van der Waals surface area contributed by atoms with Crippen LogP contribution in [0.25, 0.3) is 11.3 Å². The molecule has 2 nitrogen and oxygen atoms in total. The molecule has 0 atom stereocenters. The van der Waals surface area contributed by atoms with Gasteiger partial charge in [0.25, 0.3) is 0 Å². The third-order valence-electron chi connectivity index (χ3n) is 2.38. The Hall–Kier alpha value is -2.10. The van der Waals surface area contributed by atoms with Crippen molar-refractivity contribution in [3.8, 4) is 11.3 Å². The highest BCUT2D eigenvalue weighted by Crippen LogP contribution is 2.22. The summed E-state index contributed by atoms with van der Waals surface area (Å²) < 4.78 is 26.4. The van der Waals surface area contributed by atoms with E-state index in [0.29, 0.717) is 11.3 Å². The lowest BCUT2D eigenvalue weighted by molar-refractivity contribution is 0.101. The lowest BCUT2D eigenvalue weighted by Crippen LogP contribution is -1.95. The minimum absolute atomic E-state index is 0.206. The SMILES string of the molecule is CC(=O)c1ccc(-c2ccc(F)cn2)c(F)c1. The van der Waals surface area contributed by atoms with Crippen LogP contribution >= 0.6 is 0 Å². The van der Waals surface area contributed by atoms with Gasteiger partial charge in [-0.25, -0.2) is 8.78 Å². The summed E-state index contributed by atoms with van der Waals surface area (Å²) in [7, 11) is 0. The van der Waals surface area contributed by atoms with Gasteiger partial charge < -0.3 is 0 Å². The number of hydrogen-bond donors (Lipinski definition) is 0. The Kier molecular flexibility index (Phi) is 2.95. The van der Waals surface area contributed by atoms with Crippen LogP contribution in [0.4, 0.5) is 8.78 Å². The van der Waals surface area contributed by atoms with Gasteiger partial charge in [-0.15, -0.1) is 0 Å². The lowest BCUT2D eigenvalue weighted by Gasteiger charge is -2.04. The van der Waals surface area contributed by atoms with Gasteiger partial charge >= 0.3 is 0 Å². The Morgan fingerprint density at radius 1 is 1.18 bits per heavy atom. The third kappa shape index (κ3) is 2.36. The number of Topliss-reactive ketones (excluding diaryl/α,β-unsaturated/α-hetero) is 1. The van der Waals surface area contributed by atoms with Gasteiger partial charge in [0.2, 0.25) is 0 Å². The maximum Gasteiger partial charge on any atom is 0.159 e. The number of carbonyl (C=O) groups excluding carboxylic acids is 1. The van der Waals surface area contributed by atoms with Crippen molar-refractivity contribution in [1.82, 2.24) is 4.98 Å². The summed E-state index contributed by atoms with van der Waals surface area (Å²) >= 11 is 0. The molecule has 0 radical (unpaired) electrons. The zero-order chi connectivity index (χ0) is 12.4. The van der Waals surface area contributed by atoms with E-state index in [1.165, 1.54) is 31.2 Å². The third-order valence-corrected chi connectivity index (χ3v) is 2.38. The molecule has 1 heterocycles. The average Bonchev–Trinajstić information content (AvgIpc) is 2.30. The van der Waals surface area contributed by atoms with Crippen molar-refractivity contribution < 1.29 is 13.6 Å². The Morgan fingerprint density at radius 3 is 2.47 bits per heavy atom. The summed E-state index contributed by atoms with van der Waals surface area (Å²) in [4.78, 5) is 14.8. The number of pyridine rings is 1. The fourth-order valence-corrected chi connectivity index (χ4v) is 1.48. The number of ketones is 1. The van der Waals surface area contributed by atoms with E-state index in [2.05, 4.69) is 4.98 Å². The number of halogens is 2. The summed E-state index contributed by atoms with van der Waals surface area (Å²) in [6, 6.07) is 6.74. The number of hydrogen-bond acceptors (Lipinski definition) is 2. The van der Waals surface area contributed by atoms with Crippen LogP contribution in [0.15, 0.2) is 36.5 Å². The molecule has 0 saturated heterocycles. The van der Waals surface area contributed by atoms with Crippen LogP contribution in [0.3, 0.4) is 0 Å². The normalized spacial score (nSPS) is 10.3. The maximum absolute atomic E-state index is 13.7. The van der Waals surface area contributed by atoms with Crippen LogP contribution in [-0.4, -0.2) is 10.8 Å². The highest BCUT2D eigenvalue weighted by molar-refractivity contribution is 5.94. The fourth-order valence-electron chi connectivity index (χ4n) is 1.48. The maximum atomic E-state index is 13.7. The second-order valence-corrected chi connectivity index (χ2v) is 3.61. The predicted molar refractivity (Wildman–Crippen MR) is 59.6 cm³/mol. The molecule has 0 unspecified atom stereocenters. The van der Waals surface area contributed by atoms with E-state index in [0.717, 1.165) is 12.3 Å². The molecule has 0 bridgehead atoms. The monoisotopic (exact) mass is 233 g/mol. The van der Waals surface area contributed by atoms with Gasteiger partial charge in [0, 0.05) is 11.1 Å². The van der Waals surface area contributed by atoms with Crippen molar-refractivity contribution in [2.45, 2.75) is 6.92 Å². The number of nitrogens with zero attached hydrogens (tertiary/aromatic N) is 1. The molecule has 0 fully saturated rings. The first-order valence-electron chi connectivity index (χ1n) is 5.00. The molecule has 0 N–H and O–H groups in total. The van der Waals surface area contributed by atoms with Gasteiger partial charge in [0.05, 0.1) is 11.9 Å². The average molecular weight is 233 g/mol. The molecule has 2 rings (SSSR count). The van der Waals surface area contributed by atoms with Crippen LogP contribution < -0.4 is 0 Å². The van der Waals surface area contributed by atoms with Crippen LogP contribution in [0.1, 0.15) is 17.3 Å². The molecule has 0 aliphatic rings. The van der Waals surface area contributed by atoms with Crippen LogP contribution in [0, 0.1) is 11.6 Å². The van der Waals surface area contributed by atoms with Gasteiger partial charge in [-0.2, -0.15) is 0 Å². The van der Waals surface area contributed by atoms with E-state index < -0.39 is 11.6 Å². The van der Waals surface area contributed by atoms with Crippen molar-refractivity contribution in [2.24, 2.45) is 0 Å². The number of carbonyl (C=O) groups is 1. The van der Waals surface area contributed by atoms with Crippen molar-refractivity contribution in [2.75, 3.05) is 0 Å². The van der Waals surface area contributed by atoms with Gasteiger partial charge in [-0.1, -0.05) is 6.07 Å². The summed E-state index contributed by atoms with van der Waals surface area (Å²) in [5.74, 6) is -1.23. The van der Waals surface area contributed by atoms with E-state index in [1.807, 2.05) is 0 Å². The Balaban J connectivity index is 2.46. The fraction of sp³-hybridized carbons (Fsp3) is 0.0769. The van der Waals surface area contributed by atoms with Crippen molar-refractivity contribution >= 4 is 5.78 Å². The summed E-state index contributed by atoms with van der Waals surface area (Å²) in [5.41, 5.74) is 0.877.